The van der Waals surface area contributed by atoms with Crippen molar-refractivity contribution >= 4 is 23.5 Å². The van der Waals surface area contributed by atoms with Crippen LogP contribution in [0.2, 0.25) is 0 Å². The maximum atomic E-state index is 13.3. The van der Waals surface area contributed by atoms with Crippen molar-refractivity contribution in [3.8, 4) is 5.75 Å². The molecule has 33 heavy (non-hydrogen) atoms. The molecule has 0 fully saturated rings. The molecule has 8 nitrogen and oxygen atoms in total. The number of rotatable bonds is 6. The van der Waals surface area contributed by atoms with Gasteiger partial charge in [0.25, 0.3) is 5.91 Å². The predicted octanol–water partition coefficient (Wildman–Crippen LogP) is 3.13. The molecule has 0 bridgehead atoms. The standard InChI is InChI=1S/C25H28N4O4/c1-15-9-10-17(13-16(15)2)26-21(30)11-12-29-14-19-22(24(29)31)23(27-25(32)28(19)3)18-7-5-6-8-20(18)33-4/h5-10,13,23H,11-12,14H2,1-4H3,(H,26,30)(H,27,32). The number of methoxy groups -OCH3 is 1. The molecule has 2 aliphatic heterocycles. The van der Waals surface area contributed by atoms with Crippen molar-refractivity contribution in [2.45, 2.75) is 26.3 Å². The number of ether oxygens (including phenoxy) is 1. The molecule has 0 saturated carbocycles. The Labute approximate surface area is 193 Å². The van der Waals surface area contributed by atoms with Crippen molar-refractivity contribution in [2.24, 2.45) is 0 Å². The summed E-state index contributed by atoms with van der Waals surface area (Å²) in [5, 5.41) is 5.80. The van der Waals surface area contributed by atoms with Gasteiger partial charge in [0.05, 0.1) is 31.0 Å². The van der Waals surface area contributed by atoms with E-state index in [-0.39, 0.29) is 37.4 Å². The highest BCUT2D eigenvalue weighted by Gasteiger charge is 2.43. The first-order valence-corrected chi connectivity index (χ1v) is 10.9. The van der Waals surface area contributed by atoms with E-state index < -0.39 is 6.04 Å². The maximum absolute atomic E-state index is 13.3. The van der Waals surface area contributed by atoms with Gasteiger partial charge in [0.1, 0.15) is 5.75 Å². The van der Waals surface area contributed by atoms with E-state index in [0.717, 1.165) is 22.4 Å². The first-order chi connectivity index (χ1) is 15.8. The van der Waals surface area contributed by atoms with Gasteiger partial charge in [0.2, 0.25) is 5.91 Å². The van der Waals surface area contributed by atoms with Crippen LogP contribution in [0.3, 0.4) is 0 Å². The zero-order chi connectivity index (χ0) is 23.7. The van der Waals surface area contributed by atoms with Gasteiger partial charge in [-0.15, -0.1) is 0 Å². The maximum Gasteiger partial charge on any atom is 0.322 e. The van der Waals surface area contributed by atoms with Crippen LogP contribution in [0.15, 0.2) is 53.7 Å². The number of hydrogen-bond donors (Lipinski definition) is 2. The molecular weight excluding hydrogens is 420 g/mol. The van der Waals surface area contributed by atoms with E-state index in [1.165, 1.54) is 4.90 Å². The Hall–Kier alpha value is -3.81. The summed E-state index contributed by atoms with van der Waals surface area (Å²) < 4.78 is 5.46. The van der Waals surface area contributed by atoms with Gasteiger partial charge < -0.3 is 20.3 Å². The lowest BCUT2D eigenvalue weighted by molar-refractivity contribution is -0.126. The average Bonchev–Trinajstić information content (AvgIpc) is 3.14. The van der Waals surface area contributed by atoms with Crippen LogP contribution >= 0.6 is 0 Å². The van der Waals surface area contributed by atoms with Crippen LogP contribution in [0.25, 0.3) is 0 Å². The highest BCUT2D eigenvalue weighted by Crippen LogP contribution is 2.38. The number of nitrogens with zero attached hydrogens (tertiary/aromatic N) is 2. The molecule has 2 heterocycles. The van der Waals surface area contributed by atoms with Gasteiger partial charge in [-0.3, -0.25) is 14.5 Å². The Morgan fingerprint density at radius 3 is 2.64 bits per heavy atom. The summed E-state index contributed by atoms with van der Waals surface area (Å²) in [7, 11) is 3.20. The first kappa shape index (κ1) is 22.4. The fourth-order valence-electron chi connectivity index (χ4n) is 4.22. The third-order valence-corrected chi connectivity index (χ3v) is 6.28. The predicted molar refractivity (Wildman–Crippen MR) is 125 cm³/mol. The second kappa shape index (κ2) is 8.97. The molecular formula is C25H28N4O4. The second-order valence-electron chi connectivity index (χ2n) is 8.37. The number of hydrogen-bond acceptors (Lipinski definition) is 4. The number of aryl methyl sites for hydroxylation is 2. The number of likely N-dealkylation sites (N-methyl/N-ethyl adjacent to an activating group) is 1. The lowest BCUT2D eigenvalue weighted by Crippen LogP contribution is -2.45. The van der Waals surface area contributed by atoms with Gasteiger partial charge in [-0.1, -0.05) is 24.3 Å². The van der Waals surface area contributed by atoms with Gasteiger partial charge in [0.15, 0.2) is 0 Å². The highest BCUT2D eigenvalue weighted by molar-refractivity contribution is 6.02. The smallest absolute Gasteiger partial charge is 0.322 e. The van der Waals surface area contributed by atoms with Gasteiger partial charge in [-0.25, -0.2) is 4.79 Å². The first-order valence-electron chi connectivity index (χ1n) is 10.9. The Bertz CT molecular complexity index is 1160. The number of benzene rings is 2. The van der Waals surface area contributed by atoms with Gasteiger partial charge in [0, 0.05) is 31.3 Å². The molecule has 0 aliphatic carbocycles. The van der Waals surface area contributed by atoms with E-state index in [1.54, 1.807) is 25.1 Å². The van der Waals surface area contributed by atoms with E-state index in [1.807, 2.05) is 50.2 Å². The van der Waals surface area contributed by atoms with Crippen LogP contribution < -0.4 is 15.4 Å². The van der Waals surface area contributed by atoms with Gasteiger partial charge >= 0.3 is 6.03 Å². The second-order valence-corrected chi connectivity index (χ2v) is 8.37. The van der Waals surface area contributed by atoms with E-state index in [2.05, 4.69) is 10.6 Å². The fourth-order valence-corrected chi connectivity index (χ4v) is 4.22. The molecule has 172 valence electrons. The molecule has 8 heteroatoms. The molecule has 2 N–H and O–H groups in total. The normalized spacial score (nSPS) is 17.8. The number of amides is 4. The minimum atomic E-state index is -0.610. The number of anilines is 1. The van der Waals surface area contributed by atoms with Crippen molar-refractivity contribution in [3.05, 3.63) is 70.4 Å². The van der Waals surface area contributed by atoms with Crippen molar-refractivity contribution in [1.29, 1.82) is 0 Å². The third kappa shape index (κ3) is 4.28. The van der Waals surface area contributed by atoms with Crippen molar-refractivity contribution in [2.75, 3.05) is 32.6 Å². The minimum Gasteiger partial charge on any atom is -0.496 e. The number of urea groups is 1. The monoisotopic (exact) mass is 448 g/mol. The molecule has 4 rings (SSSR count). The van der Waals surface area contributed by atoms with E-state index in [0.29, 0.717) is 17.0 Å². The highest BCUT2D eigenvalue weighted by atomic mass is 16.5. The van der Waals surface area contributed by atoms with Crippen molar-refractivity contribution in [3.63, 3.8) is 0 Å². The summed E-state index contributed by atoms with van der Waals surface area (Å²) in [5.74, 6) is 0.240. The third-order valence-electron chi connectivity index (χ3n) is 6.28. The Balaban J connectivity index is 1.49. The molecule has 2 aliphatic rings. The SMILES string of the molecule is COc1ccccc1C1NC(=O)N(C)C2=C1C(=O)N(CCC(=O)Nc1ccc(C)c(C)c1)C2. The van der Waals surface area contributed by atoms with Crippen molar-refractivity contribution < 1.29 is 19.1 Å². The van der Waals surface area contributed by atoms with E-state index in [9.17, 15) is 14.4 Å². The van der Waals surface area contributed by atoms with Crippen LogP contribution in [0.1, 0.15) is 29.2 Å². The van der Waals surface area contributed by atoms with Gasteiger partial charge in [-0.2, -0.15) is 0 Å². The molecule has 1 atom stereocenters. The summed E-state index contributed by atoms with van der Waals surface area (Å²) in [6, 6.07) is 12.2. The molecule has 2 aromatic rings. The molecule has 0 saturated heterocycles. The van der Waals surface area contributed by atoms with Gasteiger partial charge in [-0.05, 0) is 43.2 Å². The lowest BCUT2D eigenvalue weighted by Gasteiger charge is -2.31. The molecule has 0 radical (unpaired) electrons. The average molecular weight is 449 g/mol. The van der Waals surface area contributed by atoms with E-state index >= 15 is 0 Å². The summed E-state index contributed by atoms with van der Waals surface area (Å²) in [6.07, 6.45) is 0.156. The Morgan fingerprint density at radius 2 is 1.91 bits per heavy atom. The minimum absolute atomic E-state index is 0.156. The summed E-state index contributed by atoms with van der Waals surface area (Å²) in [4.78, 5) is 41.5. The van der Waals surface area contributed by atoms with Crippen LogP contribution in [0.4, 0.5) is 10.5 Å². The summed E-state index contributed by atoms with van der Waals surface area (Å²) in [6.45, 7) is 4.54. The Kier molecular flexibility index (Phi) is 6.09. The molecule has 2 aromatic carbocycles. The van der Waals surface area contributed by atoms with Crippen molar-refractivity contribution in [1.82, 2.24) is 15.1 Å². The molecule has 0 aromatic heterocycles. The fraction of sp³-hybridized carbons (Fsp3) is 0.320. The van der Waals surface area contributed by atoms with Crippen LogP contribution in [-0.4, -0.2) is 54.9 Å². The van der Waals surface area contributed by atoms with Crippen LogP contribution in [-0.2, 0) is 9.59 Å². The number of nitrogens with one attached hydrogen (secondary N) is 2. The quantitative estimate of drug-likeness (QED) is 0.710. The molecule has 4 amide bonds. The Morgan fingerprint density at radius 1 is 1.15 bits per heavy atom. The topological polar surface area (TPSA) is 91.0 Å². The number of carbonyl (C=O) groups excluding carboxylic acids is 3. The lowest BCUT2D eigenvalue weighted by atomic mass is 9.95. The zero-order valence-corrected chi connectivity index (χ0v) is 19.3. The summed E-state index contributed by atoms with van der Waals surface area (Å²) in [5.41, 5.74) is 4.87. The summed E-state index contributed by atoms with van der Waals surface area (Å²) >= 11 is 0. The molecule has 0 spiro atoms. The number of para-hydroxylation sites is 1. The number of carbonyl (C=O) groups is 3. The molecule has 1 unspecified atom stereocenters. The van der Waals surface area contributed by atoms with E-state index in [4.69, 9.17) is 4.74 Å². The van der Waals surface area contributed by atoms with Crippen LogP contribution in [0.5, 0.6) is 5.75 Å². The largest absolute Gasteiger partial charge is 0.496 e. The zero-order valence-electron chi connectivity index (χ0n) is 19.3. The van der Waals surface area contributed by atoms with Crippen LogP contribution in [0, 0.1) is 13.8 Å².